The summed E-state index contributed by atoms with van der Waals surface area (Å²) in [5.41, 5.74) is 0.600. The van der Waals surface area contributed by atoms with E-state index in [4.69, 9.17) is 0 Å². The third-order valence-electron chi connectivity index (χ3n) is 2.11. The van der Waals surface area contributed by atoms with Crippen molar-refractivity contribution in [3.05, 3.63) is 33.4 Å². The van der Waals surface area contributed by atoms with Crippen LogP contribution < -0.4 is 0 Å². The molecule has 1 N–H and O–H groups in total. The van der Waals surface area contributed by atoms with Gasteiger partial charge in [0, 0.05) is 3.57 Å². The molecule has 58 valence electrons. The highest BCUT2D eigenvalue weighted by Gasteiger charge is 2.41. The van der Waals surface area contributed by atoms with E-state index >= 15 is 0 Å². The molecule has 1 aromatic rings. The molecule has 0 radical (unpaired) electrons. The molecule has 1 saturated carbocycles. The lowest BCUT2D eigenvalue weighted by Crippen LogP contribution is -2.03. The Balaban J connectivity index is 2.33. The van der Waals surface area contributed by atoms with Crippen LogP contribution in [0.4, 0.5) is 0 Å². The van der Waals surface area contributed by atoms with Gasteiger partial charge in [0.1, 0.15) is 0 Å². The fourth-order valence-electron chi connectivity index (χ4n) is 1.17. The maximum Gasteiger partial charge on any atom is 0.0899 e. The van der Waals surface area contributed by atoms with E-state index in [9.17, 15) is 5.11 Å². The molecule has 11 heavy (non-hydrogen) atoms. The van der Waals surface area contributed by atoms with Gasteiger partial charge in [-0.2, -0.15) is 0 Å². The summed E-state index contributed by atoms with van der Waals surface area (Å²) in [5, 5.41) is 9.69. The zero-order chi connectivity index (χ0) is 7.90. The molecule has 0 atom stereocenters. The normalized spacial score (nSPS) is 19.8. The zero-order valence-corrected chi connectivity index (χ0v) is 8.21. The van der Waals surface area contributed by atoms with Crippen LogP contribution in [0.2, 0.25) is 0 Å². The third-order valence-corrected chi connectivity index (χ3v) is 2.82. The molecule has 0 saturated heterocycles. The summed E-state index contributed by atoms with van der Waals surface area (Å²) in [6, 6.07) is 8.09. The lowest BCUT2D eigenvalue weighted by molar-refractivity contribution is 0.151. The Kier molecular flexibility index (Phi) is 1.68. The second-order valence-electron chi connectivity index (χ2n) is 3.04. The second kappa shape index (κ2) is 2.45. The van der Waals surface area contributed by atoms with Crippen LogP contribution in [0, 0.1) is 3.57 Å². The maximum atomic E-state index is 9.69. The third kappa shape index (κ3) is 1.42. The summed E-state index contributed by atoms with van der Waals surface area (Å²) < 4.78 is 1.22. The highest BCUT2D eigenvalue weighted by Crippen LogP contribution is 2.45. The largest absolute Gasteiger partial charge is 0.385 e. The zero-order valence-electron chi connectivity index (χ0n) is 6.05. The summed E-state index contributed by atoms with van der Waals surface area (Å²) in [6.07, 6.45) is 1.85. The second-order valence-corrected chi connectivity index (χ2v) is 4.28. The molecule has 2 heteroatoms. The smallest absolute Gasteiger partial charge is 0.0899 e. The molecule has 1 aromatic carbocycles. The molecule has 1 nitrogen and oxygen atoms in total. The number of hydrogen-bond donors (Lipinski definition) is 1. The predicted octanol–water partition coefficient (Wildman–Crippen LogP) is 2.27. The van der Waals surface area contributed by atoms with Gasteiger partial charge in [0.05, 0.1) is 5.60 Å². The van der Waals surface area contributed by atoms with Gasteiger partial charge in [-0.3, -0.25) is 0 Å². The minimum Gasteiger partial charge on any atom is -0.385 e. The number of rotatable bonds is 1. The molecule has 0 heterocycles. The van der Waals surface area contributed by atoms with Gasteiger partial charge >= 0.3 is 0 Å². The van der Waals surface area contributed by atoms with Crippen LogP contribution in [-0.2, 0) is 5.60 Å². The van der Waals surface area contributed by atoms with Crippen molar-refractivity contribution in [2.24, 2.45) is 0 Å². The Bertz CT molecular complexity index is 261. The number of aliphatic hydroxyl groups is 1. The van der Waals surface area contributed by atoms with E-state index in [1.807, 2.05) is 24.3 Å². The van der Waals surface area contributed by atoms with Crippen molar-refractivity contribution in [3.63, 3.8) is 0 Å². The van der Waals surface area contributed by atoms with Gasteiger partial charge in [0.2, 0.25) is 0 Å². The van der Waals surface area contributed by atoms with Crippen molar-refractivity contribution in [3.8, 4) is 0 Å². The first kappa shape index (κ1) is 7.55. The fourth-order valence-corrected chi connectivity index (χ4v) is 1.53. The average molecular weight is 260 g/mol. The van der Waals surface area contributed by atoms with Gasteiger partial charge in [0.15, 0.2) is 0 Å². The monoisotopic (exact) mass is 260 g/mol. The molecule has 2 rings (SSSR count). The molecule has 1 fully saturated rings. The van der Waals surface area contributed by atoms with Crippen molar-refractivity contribution < 1.29 is 5.11 Å². The van der Waals surface area contributed by atoms with Crippen LogP contribution in [-0.4, -0.2) is 5.11 Å². The van der Waals surface area contributed by atoms with Crippen molar-refractivity contribution in [1.82, 2.24) is 0 Å². The standard InChI is InChI=1S/C9H9IO/c10-8-3-1-7(2-4-8)9(11)5-6-9/h1-4,11H,5-6H2. The first-order valence-corrected chi connectivity index (χ1v) is 4.77. The summed E-state index contributed by atoms with van der Waals surface area (Å²) in [6.45, 7) is 0. The first-order valence-electron chi connectivity index (χ1n) is 3.69. The van der Waals surface area contributed by atoms with E-state index in [0.717, 1.165) is 18.4 Å². The Morgan fingerprint density at radius 1 is 1.18 bits per heavy atom. The summed E-state index contributed by atoms with van der Waals surface area (Å²) in [7, 11) is 0. The number of benzene rings is 1. The van der Waals surface area contributed by atoms with E-state index in [2.05, 4.69) is 22.6 Å². The van der Waals surface area contributed by atoms with Gasteiger partial charge in [-0.15, -0.1) is 0 Å². The highest BCUT2D eigenvalue weighted by molar-refractivity contribution is 14.1. The lowest BCUT2D eigenvalue weighted by atomic mass is 10.1. The lowest BCUT2D eigenvalue weighted by Gasteiger charge is -2.06. The molecule has 0 spiro atoms. The van der Waals surface area contributed by atoms with Crippen LogP contribution in [0.1, 0.15) is 18.4 Å². The van der Waals surface area contributed by atoms with E-state index in [1.54, 1.807) is 0 Å². The molecule has 1 aliphatic rings. The average Bonchev–Trinajstić information content (AvgIpc) is 2.70. The summed E-state index contributed by atoms with van der Waals surface area (Å²) in [5.74, 6) is 0. The molecule has 0 unspecified atom stereocenters. The predicted molar refractivity (Wildman–Crippen MR) is 52.3 cm³/mol. The summed E-state index contributed by atoms with van der Waals surface area (Å²) in [4.78, 5) is 0. The van der Waals surface area contributed by atoms with Gasteiger partial charge in [0.25, 0.3) is 0 Å². The first-order chi connectivity index (χ1) is 5.21. The van der Waals surface area contributed by atoms with Crippen molar-refractivity contribution in [1.29, 1.82) is 0 Å². The number of hydrogen-bond acceptors (Lipinski definition) is 1. The van der Waals surface area contributed by atoms with Gasteiger partial charge in [-0.25, -0.2) is 0 Å². The Hall–Kier alpha value is -0.0900. The Morgan fingerprint density at radius 3 is 2.18 bits per heavy atom. The molecule has 1 aliphatic carbocycles. The maximum absolute atomic E-state index is 9.69. The van der Waals surface area contributed by atoms with Gasteiger partial charge < -0.3 is 5.11 Å². The molecular formula is C9H9IO. The van der Waals surface area contributed by atoms with Crippen LogP contribution in [0.15, 0.2) is 24.3 Å². The SMILES string of the molecule is OC1(c2ccc(I)cc2)CC1. The van der Waals surface area contributed by atoms with E-state index < -0.39 is 5.60 Å². The highest BCUT2D eigenvalue weighted by atomic mass is 127. The van der Waals surface area contributed by atoms with Crippen molar-refractivity contribution in [2.75, 3.05) is 0 Å². The molecule has 0 aliphatic heterocycles. The quantitative estimate of drug-likeness (QED) is 0.768. The van der Waals surface area contributed by atoms with E-state index in [-0.39, 0.29) is 0 Å². The fraction of sp³-hybridized carbons (Fsp3) is 0.333. The number of halogens is 1. The molecular weight excluding hydrogens is 251 g/mol. The minimum absolute atomic E-state index is 0.468. The van der Waals surface area contributed by atoms with Crippen LogP contribution in [0.3, 0.4) is 0 Å². The van der Waals surface area contributed by atoms with Gasteiger partial charge in [-0.1, -0.05) is 12.1 Å². The van der Waals surface area contributed by atoms with Crippen molar-refractivity contribution >= 4 is 22.6 Å². The van der Waals surface area contributed by atoms with Gasteiger partial charge in [-0.05, 0) is 53.1 Å². The minimum atomic E-state index is -0.468. The van der Waals surface area contributed by atoms with Crippen molar-refractivity contribution in [2.45, 2.75) is 18.4 Å². The Morgan fingerprint density at radius 2 is 1.73 bits per heavy atom. The molecule has 0 amide bonds. The Labute approximate surface area is 79.6 Å². The molecule has 0 bridgehead atoms. The van der Waals surface area contributed by atoms with E-state index in [1.165, 1.54) is 3.57 Å². The van der Waals surface area contributed by atoms with Crippen LogP contribution >= 0.6 is 22.6 Å². The molecule has 0 aromatic heterocycles. The van der Waals surface area contributed by atoms with E-state index in [0.29, 0.717) is 0 Å². The topological polar surface area (TPSA) is 20.2 Å². The summed E-state index contributed by atoms with van der Waals surface area (Å²) >= 11 is 2.26. The van der Waals surface area contributed by atoms with Crippen LogP contribution in [0.5, 0.6) is 0 Å². The van der Waals surface area contributed by atoms with Crippen LogP contribution in [0.25, 0.3) is 0 Å².